The smallest absolute Gasteiger partial charge is 0.273 e. The zero-order valence-electron chi connectivity index (χ0n) is 13.8. The van der Waals surface area contributed by atoms with E-state index in [-0.39, 0.29) is 23.7 Å². The molecule has 0 fully saturated rings. The van der Waals surface area contributed by atoms with Gasteiger partial charge in [0.05, 0.1) is 16.9 Å². The summed E-state index contributed by atoms with van der Waals surface area (Å²) in [4.78, 5) is 10.2. The van der Waals surface area contributed by atoms with Crippen LogP contribution in [-0.4, -0.2) is 33.6 Å². The summed E-state index contributed by atoms with van der Waals surface area (Å²) in [5.41, 5.74) is 0.157. The third-order valence-electron chi connectivity index (χ3n) is 3.41. The minimum absolute atomic E-state index is 0.0238. The topological polar surface area (TPSA) is 108 Å². The predicted molar refractivity (Wildman–Crippen MR) is 91.5 cm³/mol. The number of aryl methyl sites for hydroxylation is 1. The summed E-state index contributed by atoms with van der Waals surface area (Å²) >= 11 is 0. The summed E-state index contributed by atoms with van der Waals surface area (Å²) in [6.07, 6.45) is 0. The predicted octanol–water partition coefficient (Wildman–Crippen LogP) is 2.27. The van der Waals surface area contributed by atoms with Crippen LogP contribution in [0.2, 0.25) is 0 Å². The summed E-state index contributed by atoms with van der Waals surface area (Å²) in [6.45, 7) is 1.68. The lowest BCUT2D eigenvalue weighted by Gasteiger charge is -2.09. The van der Waals surface area contributed by atoms with Gasteiger partial charge < -0.3 is 9.47 Å². The standard InChI is InChI=1S/C16H18N2O6S/c1-12-3-8-15(11-16(12)18(19)20)25(21,22)17-9-10-24-14-6-4-13(23-2)5-7-14/h3-8,11,17H,9-10H2,1-2H3. The molecule has 0 atom stereocenters. The summed E-state index contributed by atoms with van der Waals surface area (Å²) in [6, 6.07) is 10.6. The molecule has 2 rings (SSSR count). The van der Waals surface area contributed by atoms with Gasteiger partial charge in [0.2, 0.25) is 10.0 Å². The average Bonchev–Trinajstić information content (AvgIpc) is 2.59. The van der Waals surface area contributed by atoms with Crippen LogP contribution in [0.25, 0.3) is 0 Å². The maximum absolute atomic E-state index is 12.2. The normalized spacial score (nSPS) is 11.1. The Morgan fingerprint density at radius 3 is 2.36 bits per heavy atom. The molecule has 0 aliphatic rings. The molecule has 0 saturated carbocycles. The van der Waals surface area contributed by atoms with E-state index in [0.29, 0.717) is 17.1 Å². The lowest BCUT2D eigenvalue weighted by Crippen LogP contribution is -2.28. The number of nitro groups is 1. The molecule has 25 heavy (non-hydrogen) atoms. The van der Waals surface area contributed by atoms with Crippen molar-refractivity contribution in [2.24, 2.45) is 0 Å². The molecule has 0 amide bonds. The van der Waals surface area contributed by atoms with Gasteiger partial charge in [-0.1, -0.05) is 6.07 Å². The van der Waals surface area contributed by atoms with Gasteiger partial charge in [0.1, 0.15) is 18.1 Å². The summed E-state index contributed by atoms with van der Waals surface area (Å²) in [5.74, 6) is 1.26. The molecule has 9 heteroatoms. The molecular weight excluding hydrogens is 348 g/mol. The number of methoxy groups -OCH3 is 1. The van der Waals surface area contributed by atoms with Gasteiger partial charge in [-0.3, -0.25) is 10.1 Å². The quantitative estimate of drug-likeness (QED) is 0.436. The fraction of sp³-hybridized carbons (Fsp3) is 0.250. The highest BCUT2D eigenvalue weighted by Gasteiger charge is 2.19. The molecule has 0 spiro atoms. The SMILES string of the molecule is COc1ccc(OCCNS(=O)(=O)c2ccc(C)c([N+](=O)[O-])c2)cc1. The zero-order chi connectivity index (χ0) is 18.4. The highest BCUT2D eigenvalue weighted by Crippen LogP contribution is 2.22. The Bertz CT molecular complexity index is 849. The van der Waals surface area contributed by atoms with Crippen LogP contribution in [0.1, 0.15) is 5.56 Å². The van der Waals surface area contributed by atoms with Crippen LogP contribution < -0.4 is 14.2 Å². The number of rotatable bonds is 8. The first-order valence-electron chi connectivity index (χ1n) is 7.35. The molecule has 0 bridgehead atoms. The monoisotopic (exact) mass is 366 g/mol. The zero-order valence-corrected chi connectivity index (χ0v) is 14.6. The van der Waals surface area contributed by atoms with Crippen molar-refractivity contribution in [3.05, 3.63) is 58.1 Å². The molecule has 8 nitrogen and oxygen atoms in total. The van der Waals surface area contributed by atoms with E-state index in [9.17, 15) is 18.5 Å². The van der Waals surface area contributed by atoms with Crippen molar-refractivity contribution >= 4 is 15.7 Å². The average molecular weight is 366 g/mol. The minimum atomic E-state index is -3.85. The fourth-order valence-corrected chi connectivity index (χ4v) is 3.09. The number of nitro benzene ring substituents is 1. The van der Waals surface area contributed by atoms with Gasteiger partial charge in [-0.05, 0) is 37.3 Å². The van der Waals surface area contributed by atoms with Gasteiger partial charge in [0, 0.05) is 18.2 Å². The van der Waals surface area contributed by atoms with Crippen LogP contribution in [0.3, 0.4) is 0 Å². The molecule has 0 aromatic heterocycles. The Kier molecular flexibility index (Phi) is 5.94. The summed E-state index contributed by atoms with van der Waals surface area (Å²) in [5, 5.41) is 10.9. The number of benzene rings is 2. The molecule has 2 aromatic rings. The van der Waals surface area contributed by atoms with Crippen molar-refractivity contribution in [1.29, 1.82) is 0 Å². The number of ether oxygens (including phenoxy) is 2. The minimum Gasteiger partial charge on any atom is -0.497 e. The summed E-state index contributed by atoms with van der Waals surface area (Å²) in [7, 11) is -2.30. The highest BCUT2D eigenvalue weighted by atomic mass is 32.2. The van der Waals surface area contributed by atoms with Crippen molar-refractivity contribution in [1.82, 2.24) is 4.72 Å². The van der Waals surface area contributed by atoms with Crippen molar-refractivity contribution in [2.75, 3.05) is 20.3 Å². The number of sulfonamides is 1. The van der Waals surface area contributed by atoms with Crippen LogP contribution in [0.4, 0.5) is 5.69 Å². The van der Waals surface area contributed by atoms with Gasteiger partial charge >= 0.3 is 0 Å². The van der Waals surface area contributed by atoms with E-state index in [0.717, 1.165) is 6.07 Å². The second-order valence-corrected chi connectivity index (χ2v) is 6.89. The van der Waals surface area contributed by atoms with Crippen LogP contribution in [0, 0.1) is 17.0 Å². The Hall–Kier alpha value is -2.65. The van der Waals surface area contributed by atoms with E-state index in [1.54, 1.807) is 38.3 Å². The van der Waals surface area contributed by atoms with Crippen molar-refractivity contribution < 1.29 is 22.8 Å². The van der Waals surface area contributed by atoms with E-state index in [4.69, 9.17) is 9.47 Å². The van der Waals surface area contributed by atoms with Crippen LogP contribution >= 0.6 is 0 Å². The molecule has 0 saturated heterocycles. The molecule has 0 unspecified atom stereocenters. The highest BCUT2D eigenvalue weighted by molar-refractivity contribution is 7.89. The second kappa shape index (κ2) is 7.95. The van der Waals surface area contributed by atoms with E-state index >= 15 is 0 Å². The van der Waals surface area contributed by atoms with E-state index in [2.05, 4.69) is 4.72 Å². The first-order valence-corrected chi connectivity index (χ1v) is 8.83. The van der Waals surface area contributed by atoms with E-state index in [1.165, 1.54) is 12.1 Å². The Labute approximate surface area is 145 Å². The Morgan fingerprint density at radius 2 is 1.76 bits per heavy atom. The van der Waals surface area contributed by atoms with Gasteiger partial charge in [-0.25, -0.2) is 13.1 Å². The maximum Gasteiger partial charge on any atom is 0.273 e. The summed E-state index contributed by atoms with van der Waals surface area (Å²) < 4.78 is 37.2. The Balaban J connectivity index is 1.95. The van der Waals surface area contributed by atoms with Gasteiger partial charge in [-0.2, -0.15) is 0 Å². The Morgan fingerprint density at radius 1 is 1.12 bits per heavy atom. The van der Waals surface area contributed by atoms with Crippen molar-refractivity contribution in [2.45, 2.75) is 11.8 Å². The lowest BCUT2D eigenvalue weighted by molar-refractivity contribution is -0.385. The number of nitrogens with one attached hydrogen (secondary N) is 1. The molecule has 134 valence electrons. The van der Waals surface area contributed by atoms with E-state index < -0.39 is 14.9 Å². The maximum atomic E-state index is 12.2. The first-order chi connectivity index (χ1) is 11.8. The number of hydrogen-bond donors (Lipinski definition) is 1. The van der Waals surface area contributed by atoms with Crippen LogP contribution in [0.15, 0.2) is 47.4 Å². The third kappa shape index (κ3) is 4.91. The van der Waals surface area contributed by atoms with Gasteiger partial charge in [0.25, 0.3) is 5.69 Å². The molecule has 0 radical (unpaired) electrons. The second-order valence-electron chi connectivity index (χ2n) is 5.13. The van der Waals surface area contributed by atoms with E-state index in [1.807, 2.05) is 0 Å². The molecule has 0 aliphatic carbocycles. The van der Waals surface area contributed by atoms with Gasteiger partial charge in [-0.15, -0.1) is 0 Å². The van der Waals surface area contributed by atoms with Gasteiger partial charge in [0.15, 0.2) is 0 Å². The number of hydrogen-bond acceptors (Lipinski definition) is 6. The molecule has 0 heterocycles. The first kappa shape index (κ1) is 18.7. The van der Waals surface area contributed by atoms with Crippen LogP contribution in [-0.2, 0) is 10.0 Å². The van der Waals surface area contributed by atoms with Crippen LogP contribution in [0.5, 0.6) is 11.5 Å². The molecule has 2 aromatic carbocycles. The van der Waals surface area contributed by atoms with Crippen molar-refractivity contribution in [3.63, 3.8) is 0 Å². The molecule has 0 aliphatic heterocycles. The third-order valence-corrected chi connectivity index (χ3v) is 4.87. The lowest BCUT2D eigenvalue weighted by atomic mass is 10.2. The fourth-order valence-electron chi connectivity index (χ4n) is 2.05. The molecular formula is C16H18N2O6S. The van der Waals surface area contributed by atoms with Crippen molar-refractivity contribution in [3.8, 4) is 11.5 Å². The number of nitrogens with zero attached hydrogens (tertiary/aromatic N) is 1. The molecule has 1 N–H and O–H groups in total. The largest absolute Gasteiger partial charge is 0.497 e.